The molecule has 0 bridgehead atoms. The van der Waals surface area contributed by atoms with E-state index in [1.807, 2.05) is 0 Å². The van der Waals surface area contributed by atoms with E-state index >= 15 is 0 Å². The molecule has 0 amide bonds. The molecule has 4 heteroatoms. The lowest BCUT2D eigenvalue weighted by atomic mass is 9.93. The van der Waals surface area contributed by atoms with Crippen LogP contribution in [-0.2, 0) is 24.1 Å². The third-order valence-electron chi connectivity index (χ3n) is 4.62. The van der Waals surface area contributed by atoms with E-state index in [9.17, 15) is 0 Å². The second kappa shape index (κ2) is 5.73. The monoisotopic (exact) mass is 291 g/mol. The predicted molar refractivity (Wildman–Crippen MR) is 84.5 cm³/mol. The highest BCUT2D eigenvalue weighted by Crippen LogP contribution is 2.35. The maximum Gasteiger partial charge on any atom is 0.109 e. The standard InChI is InChI=1S/C17H29N3O/c1-12(2)9-16-19-14-11-18-7-5-15(14)20(16)13-6-8-21-17(3,4)10-13/h12-13,18H,5-11H2,1-4H3. The van der Waals surface area contributed by atoms with Gasteiger partial charge < -0.3 is 14.6 Å². The molecule has 1 aromatic rings. The number of rotatable bonds is 3. The van der Waals surface area contributed by atoms with Crippen molar-refractivity contribution < 1.29 is 4.74 Å². The van der Waals surface area contributed by atoms with E-state index in [0.717, 1.165) is 45.4 Å². The van der Waals surface area contributed by atoms with Gasteiger partial charge in [0.2, 0.25) is 0 Å². The smallest absolute Gasteiger partial charge is 0.109 e. The average Bonchev–Trinajstić information content (AvgIpc) is 2.74. The van der Waals surface area contributed by atoms with E-state index in [0.29, 0.717) is 12.0 Å². The molecule has 0 aliphatic carbocycles. The quantitative estimate of drug-likeness (QED) is 0.931. The zero-order valence-corrected chi connectivity index (χ0v) is 13.9. The summed E-state index contributed by atoms with van der Waals surface area (Å²) in [5, 5.41) is 3.45. The third-order valence-corrected chi connectivity index (χ3v) is 4.62. The van der Waals surface area contributed by atoms with Gasteiger partial charge in [-0.15, -0.1) is 0 Å². The fraction of sp³-hybridized carbons (Fsp3) is 0.824. The maximum atomic E-state index is 5.91. The molecule has 1 fully saturated rings. The molecule has 1 aromatic heterocycles. The van der Waals surface area contributed by atoms with Gasteiger partial charge in [-0.2, -0.15) is 0 Å². The number of fused-ring (bicyclic) bond motifs is 1. The summed E-state index contributed by atoms with van der Waals surface area (Å²) in [6, 6.07) is 0.553. The molecule has 1 N–H and O–H groups in total. The van der Waals surface area contributed by atoms with Gasteiger partial charge in [0.1, 0.15) is 5.82 Å². The summed E-state index contributed by atoms with van der Waals surface area (Å²) in [6.07, 6.45) is 4.39. The van der Waals surface area contributed by atoms with E-state index in [-0.39, 0.29) is 5.60 Å². The lowest BCUT2D eigenvalue weighted by Gasteiger charge is -2.37. The number of ether oxygens (including phenoxy) is 1. The molecular weight excluding hydrogens is 262 g/mol. The van der Waals surface area contributed by atoms with E-state index in [4.69, 9.17) is 9.72 Å². The van der Waals surface area contributed by atoms with Gasteiger partial charge in [0.25, 0.3) is 0 Å². The SMILES string of the molecule is CC(C)Cc1nc2c(n1C1CCOC(C)(C)C1)CCNC2. The van der Waals surface area contributed by atoms with Crippen molar-refractivity contribution in [3.63, 3.8) is 0 Å². The zero-order valence-electron chi connectivity index (χ0n) is 13.9. The van der Waals surface area contributed by atoms with Crippen molar-refractivity contribution in [3.8, 4) is 0 Å². The number of aromatic nitrogens is 2. The second-order valence-corrected chi connectivity index (χ2v) is 7.57. The first-order valence-electron chi connectivity index (χ1n) is 8.40. The van der Waals surface area contributed by atoms with Gasteiger partial charge >= 0.3 is 0 Å². The van der Waals surface area contributed by atoms with E-state index < -0.39 is 0 Å². The van der Waals surface area contributed by atoms with Gasteiger partial charge in [-0.1, -0.05) is 13.8 Å². The predicted octanol–water partition coefficient (Wildman–Crippen LogP) is 2.86. The summed E-state index contributed by atoms with van der Waals surface area (Å²) >= 11 is 0. The van der Waals surface area contributed by atoms with Crippen LogP contribution in [-0.4, -0.2) is 28.3 Å². The van der Waals surface area contributed by atoms with Crippen LogP contribution in [0.1, 0.15) is 63.8 Å². The van der Waals surface area contributed by atoms with Gasteiger partial charge in [-0.25, -0.2) is 4.98 Å². The number of nitrogens with zero attached hydrogens (tertiary/aromatic N) is 2. The van der Waals surface area contributed by atoms with Crippen LogP contribution in [0.5, 0.6) is 0 Å². The van der Waals surface area contributed by atoms with Gasteiger partial charge in [0.05, 0.1) is 11.3 Å². The normalized spacial score (nSPS) is 25.1. The van der Waals surface area contributed by atoms with Gasteiger partial charge in [-0.05, 0) is 32.6 Å². The number of hydrogen-bond donors (Lipinski definition) is 1. The molecule has 3 rings (SSSR count). The highest BCUT2D eigenvalue weighted by Gasteiger charge is 2.33. The third kappa shape index (κ3) is 3.16. The minimum atomic E-state index is -0.0118. The first-order chi connectivity index (χ1) is 9.96. The van der Waals surface area contributed by atoms with Crippen LogP contribution in [0.15, 0.2) is 0 Å². The van der Waals surface area contributed by atoms with Crippen molar-refractivity contribution >= 4 is 0 Å². The molecule has 3 heterocycles. The lowest BCUT2D eigenvalue weighted by molar-refractivity contribution is -0.0698. The molecule has 0 radical (unpaired) electrons. The fourth-order valence-corrected chi connectivity index (χ4v) is 3.75. The summed E-state index contributed by atoms with van der Waals surface area (Å²) in [5.74, 6) is 1.94. The van der Waals surface area contributed by atoms with Crippen molar-refractivity contribution in [2.24, 2.45) is 5.92 Å². The van der Waals surface area contributed by atoms with E-state index in [1.165, 1.54) is 17.2 Å². The number of nitrogens with one attached hydrogen (secondary N) is 1. The maximum absolute atomic E-state index is 5.91. The average molecular weight is 291 g/mol. The van der Waals surface area contributed by atoms with Gasteiger partial charge in [0.15, 0.2) is 0 Å². The fourth-order valence-electron chi connectivity index (χ4n) is 3.75. The molecule has 0 saturated carbocycles. The Labute approximate surface area is 128 Å². The van der Waals surface area contributed by atoms with Crippen molar-refractivity contribution in [1.29, 1.82) is 0 Å². The number of imidazole rings is 1. The molecule has 0 spiro atoms. The molecule has 1 atom stereocenters. The Morgan fingerprint density at radius 2 is 2.24 bits per heavy atom. The largest absolute Gasteiger partial charge is 0.375 e. The summed E-state index contributed by atoms with van der Waals surface area (Å²) < 4.78 is 8.50. The van der Waals surface area contributed by atoms with Crippen molar-refractivity contribution in [2.45, 2.75) is 71.6 Å². The molecule has 4 nitrogen and oxygen atoms in total. The van der Waals surface area contributed by atoms with E-state index in [2.05, 4.69) is 37.6 Å². The molecule has 0 aromatic carbocycles. The molecule has 1 unspecified atom stereocenters. The van der Waals surface area contributed by atoms with Crippen LogP contribution in [0.25, 0.3) is 0 Å². The number of hydrogen-bond acceptors (Lipinski definition) is 3. The van der Waals surface area contributed by atoms with E-state index in [1.54, 1.807) is 0 Å². The molecule has 2 aliphatic rings. The Kier molecular flexibility index (Phi) is 4.10. The second-order valence-electron chi connectivity index (χ2n) is 7.57. The Bertz CT molecular complexity index is 504. The van der Waals surface area contributed by atoms with Crippen LogP contribution in [0.2, 0.25) is 0 Å². The topological polar surface area (TPSA) is 39.1 Å². The first-order valence-corrected chi connectivity index (χ1v) is 8.40. The van der Waals surface area contributed by atoms with Crippen LogP contribution < -0.4 is 5.32 Å². The van der Waals surface area contributed by atoms with Crippen molar-refractivity contribution in [2.75, 3.05) is 13.2 Å². The van der Waals surface area contributed by atoms with Crippen LogP contribution in [0, 0.1) is 5.92 Å². The Balaban J connectivity index is 1.96. The summed E-state index contributed by atoms with van der Waals surface area (Å²) in [7, 11) is 0. The molecule has 1 saturated heterocycles. The van der Waals surface area contributed by atoms with Gasteiger partial charge in [-0.3, -0.25) is 0 Å². The minimum Gasteiger partial charge on any atom is -0.375 e. The van der Waals surface area contributed by atoms with Crippen molar-refractivity contribution in [1.82, 2.24) is 14.9 Å². The Morgan fingerprint density at radius 3 is 2.95 bits per heavy atom. The lowest BCUT2D eigenvalue weighted by Crippen LogP contribution is -2.36. The Hall–Kier alpha value is -0.870. The van der Waals surface area contributed by atoms with Crippen molar-refractivity contribution in [3.05, 3.63) is 17.2 Å². The highest BCUT2D eigenvalue weighted by atomic mass is 16.5. The van der Waals surface area contributed by atoms with Crippen LogP contribution >= 0.6 is 0 Å². The Morgan fingerprint density at radius 1 is 1.43 bits per heavy atom. The minimum absolute atomic E-state index is 0.0118. The van der Waals surface area contributed by atoms with Crippen LogP contribution in [0.4, 0.5) is 0 Å². The molecular formula is C17H29N3O. The van der Waals surface area contributed by atoms with Crippen LogP contribution in [0.3, 0.4) is 0 Å². The highest BCUT2D eigenvalue weighted by molar-refractivity contribution is 5.22. The summed E-state index contributed by atoms with van der Waals surface area (Å²) in [4.78, 5) is 4.97. The first kappa shape index (κ1) is 15.0. The molecule has 118 valence electrons. The molecule has 21 heavy (non-hydrogen) atoms. The summed E-state index contributed by atoms with van der Waals surface area (Å²) in [5.41, 5.74) is 2.75. The zero-order chi connectivity index (χ0) is 15.0. The summed E-state index contributed by atoms with van der Waals surface area (Å²) in [6.45, 7) is 11.9. The molecule has 2 aliphatic heterocycles. The van der Waals surface area contributed by atoms with Gasteiger partial charge in [0, 0.05) is 44.3 Å².